The van der Waals surface area contributed by atoms with Crippen LogP contribution in [0.2, 0.25) is 10.0 Å². The summed E-state index contributed by atoms with van der Waals surface area (Å²) in [6.07, 6.45) is 0.444. The van der Waals surface area contributed by atoms with Crippen molar-refractivity contribution in [1.29, 1.82) is 0 Å². The van der Waals surface area contributed by atoms with E-state index >= 15 is 0 Å². The van der Waals surface area contributed by atoms with E-state index in [9.17, 15) is 29.4 Å². The first-order chi connectivity index (χ1) is 18.6. The predicted octanol–water partition coefficient (Wildman–Crippen LogP) is 6.04. The van der Waals surface area contributed by atoms with Crippen molar-refractivity contribution in [3.05, 3.63) is 126 Å². The summed E-state index contributed by atoms with van der Waals surface area (Å²) in [7, 11) is 0. The highest BCUT2D eigenvalue weighted by Gasteiger charge is 2.26. The average Bonchev–Trinajstić information content (AvgIpc) is 2.91. The monoisotopic (exact) mass is 557 g/mol. The van der Waals surface area contributed by atoms with Crippen molar-refractivity contribution < 1.29 is 24.6 Å². The lowest BCUT2D eigenvalue weighted by Gasteiger charge is -2.22. The van der Waals surface area contributed by atoms with E-state index in [0.29, 0.717) is 60.5 Å². The fraction of sp³-hybridized carbons (Fsp3) is 0.0667. The van der Waals surface area contributed by atoms with Gasteiger partial charge >= 0.3 is 11.9 Å². The van der Waals surface area contributed by atoms with Gasteiger partial charge < -0.3 is 14.8 Å². The number of pyridine rings is 1. The lowest BCUT2D eigenvalue weighted by Crippen LogP contribution is -2.18. The Bertz CT molecular complexity index is 1960. The maximum atomic E-state index is 13.7. The zero-order valence-electron chi connectivity index (χ0n) is 20.0. The van der Waals surface area contributed by atoms with Gasteiger partial charge in [0.15, 0.2) is 11.2 Å². The molecule has 9 heteroatoms. The van der Waals surface area contributed by atoms with Gasteiger partial charge in [-0.15, -0.1) is 0 Å². The maximum Gasteiger partial charge on any atom is 0.335 e. The minimum Gasteiger partial charge on any atom is -0.478 e. The minimum absolute atomic E-state index is 0.0334. The lowest BCUT2D eigenvalue weighted by molar-refractivity contribution is 0.0696. The first-order valence-electron chi connectivity index (χ1n) is 11.8. The van der Waals surface area contributed by atoms with E-state index in [4.69, 9.17) is 23.2 Å². The molecule has 1 heterocycles. The van der Waals surface area contributed by atoms with Crippen molar-refractivity contribution in [1.82, 2.24) is 4.57 Å². The number of carbonyl (C=O) groups excluding carboxylic acids is 1. The van der Waals surface area contributed by atoms with E-state index < -0.39 is 11.9 Å². The number of nitrogens with zero attached hydrogens (tertiary/aromatic N) is 1. The van der Waals surface area contributed by atoms with Crippen molar-refractivity contribution in [2.75, 3.05) is 0 Å². The summed E-state index contributed by atoms with van der Waals surface area (Å²) >= 11 is 12.4. The predicted molar refractivity (Wildman–Crippen MR) is 148 cm³/mol. The fourth-order valence-corrected chi connectivity index (χ4v) is 5.59. The number of fused-ring (bicyclic) bond motifs is 4. The molecule has 4 aromatic carbocycles. The fourth-order valence-electron chi connectivity index (χ4n) is 5.24. The Labute approximate surface area is 230 Å². The van der Waals surface area contributed by atoms with E-state index in [0.717, 1.165) is 11.6 Å². The van der Waals surface area contributed by atoms with Gasteiger partial charge in [-0.25, -0.2) is 9.59 Å². The van der Waals surface area contributed by atoms with E-state index in [1.54, 1.807) is 53.1 Å². The molecule has 0 aliphatic heterocycles. The highest BCUT2D eigenvalue weighted by molar-refractivity contribution is 6.31. The van der Waals surface area contributed by atoms with Crippen LogP contribution in [-0.4, -0.2) is 32.5 Å². The molecule has 1 aliphatic rings. The van der Waals surface area contributed by atoms with Crippen LogP contribution in [0.5, 0.6) is 0 Å². The Morgan fingerprint density at radius 1 is 0.718 bits per heavy atom. The number of aromatic nitrogens is 1. The van der Waals surface area contributed by atoms with Gasteiger partial charge in [0.25, 0.3) is 0 Å². The van der Waals surface area contributed by atoms with Gasteiger partial charge in [-0.3, -0.25) is 9.59 Å². The number of hydrogen-bond acceptors (Lipinski definition) is 4. The van der Waals surface area contributed by atoms with Crippen LogP contribution in [0.1, 0.15) is 53.3 Å². The van der Waals surface area contributed by atoms with Crippen molar-refractivity contribution >= 4 is 62.7 Å². The molecule has 0 unspecified atom stereocenters. The largest absolute Gasteiger partial charge is 0.478 e. The zero-order valence-corrected chi connectivity index (χ0v) is 21.5. The second kappa shape index (κ2) is 9.08. The minimum atomic E-state index is -1.27. The number of carboxylic acids is 2. The highest BCUT2D eigenvalue weighted by Crippen LogP contribution is 2.33. The molecular formula is C30H17Cl2NO6. The second-order valence-electron chi connectivity index (χ2n) is 9.44. The molecule has 2 N–H and O–H groups in total. The van der Waals surface area contributed by atoms with Gasteiger partial charge in [-0.05, 0) is 83.8 Å². The molecule has 6 rings (SSSR count). The standard InChI is InChI=1S/C30H17Cl2NO6/c31-19-2-1-15-7-16-9-23-26(12-22(16)27(34)21(15)10-19)33(25-4-3-20(32)11-24(25)28(23)35)13-14-5-17(29(36)37)8-18(6-14)30(38)39/h1-6,8-12H,7,13H2,(H,36,37)(H,38,39). The molecule has 0 saturated carbocycles. The summed E-state index contributed by atoms with van der Waals surface area (Å²) in [5.41, 5.74) is 3.18. The summed E-state index contributed by atoms with van der Waals surface area (Å²) < 4.78 is 1.77. The molecule has 0 amide bonds. The smallest absolute Gasteiger partial charge is 0.335 e. The molecule has 0 radical (unpaired) electrons. The molecule has 0 spiro atoms. The van der Waals surface area contributed by atoms with Crippen molar-refractivity contribution in [3.63, 3.8) is 0 Å². The molecule has 7 nitrogen and oxygen atoms in total. The number of carboxylic acid groups (broad SMARTS) is 2. The van der Waals surface area contributed by atoms with Crippen LogP contribution < -0.4 is 5.43 Å². The normalized spacial score (nSPS) is 12.4. The van der Waals surface area contributed by atoms with Gasteiger partial charge in [-0.2, -0.15) is 0 Å². The van der Waals surface area contributed by atoms with Crippen LogP contribution >= 0.6 is 23.2 Å². The molecule has 1 aliphatic carbocycles. The molecular weight excluding hydrogens is 541 g/mol. The number of halogens is 2. The molecule has 0 fully saturated rings. The topological polar surface area (TPSA) is 114 Å². The third kappa shape index (κ3) is 4.16. The van der Waals surface area contributed by atoms with Gasteiger partial charge in [0.2, 0.25) is 0 Å². The summed E-state index contributed by atoms with van der Waals surface area (Å²) in [5, 5.41) is 20.6. The number of carbonyl (C=O) groups is 3. The number of ketones is 1. The maximum absolute atomic E-state index is 13.7. The summed E-state index contributed by atoms with van der Waals surface area (Å²) in [6, 6.07) is 17.3. The van der Waals surface area contributed by atoms with Crippen LogP contribution in [0.4, 0.5) is 0 Å². The van der Waals surface area contributed by atoms with E-state index in [1.807, 2.05) is 0 Å². The Morgan fingerprint density at radius 2 is 1.33 bits per heavy atom. The summed E-state index contributed by atoms with van der Waals surface area (Å²) in [4.78, 5) is 50.6. The molecule has 1 aromatic heterocycles. The van der Waals surface area contributed by atoms with Crippen LogP contribution in [0.25, 0.3) is 21.8 Å². The quantitative estimate of drug-likeness (QED) is 0.255. The molecule has 0 bridgehead atoms. The summed E-state index contributed by atoms with van der Waals surface area (Å²) in [5.74, 6) is -2.75. The Balaban J connectivity index is 1.64. The third-order valence-electron chi connectivity index (χ3n) is 7.02. The van der Waals surface area contributed by atoms with Crippen LogP contribution in [0.15, 0.2) is 71.5 Å². The second-order valence-corrected chi connectivity index (χ2v) is 10.3. The Hall–Kier alpha value is -4.46. The SMILES string of the molecule is O=C(O)c1cc(Cn2c3ccc(Cl)cc3c(=O)c3cc4c(cc32)C(=O)c2cc(Cl)ccc2C4)cc(C(=O)O)c1. The lowest BCUT2D eigenvalue weighted by atomic mass is 9.84. The van der Waals surface area contributed by atoms with Gasteiger partial charge in [-0.1, -0.05) is 29.3 Å². The van der Waals surface area contributed by atoms with Crippen molar-refractivity contribution in [2.45, 2.75) is 13.0 Å². The molecule has 0 saturated heterocycles. The van der Waals surface area contributed by atoms with Crippen LogP contribution in [-0.2, 0) is 13.0 Å². The number of hydrogen-bond donors (Lipinski definition) is 2. The average molecular weight is 558 g/mol. The van der Waals surface area contributed by atoms with Crippen molar-refractivity contribution in [3.8, 4) is 0 Å². The zero-order chi connectivity index (χ0) is 27.6. The molecule has 0 atom stereocenters. The number of benzene rings is 4. The third-order valence-corrected chi connectivity index (χ3v) is 7.49. The number of aromatic carboxylic acids is 2. The molecule has 192 valence electrons. The van der Waals surface area contributed by atoms with Gasteiger partial charge in [0.05, 0.1) is 22.2 Å². The van der Waals surface area contributed by atoms with Crippen molar-refractivity contribution in [2.24, 2.45) is 0 Å². The summed E-state index contributed by atoms with van der Waals surface area (Å²) in [6.45, 7) is 0.0334. The Morgan fingerprint density at radius 3 is 2.03 bits per heavy atom. The van der Waals surface area contributed by atoms with E-state index in [2.05, 4.69) is 0 Å². The highest BCUT2D eigenvalue weighted by atomic mass is 35.5. The van der Waals surface area contributed by atoms with E-state index in [1.165, 1.54) is 12.1 Å². The Kier molecular flexibility index (Phi) is 5.79. The molecule has 5 aromatic rings. The van der Waals surface area contributed by atoms with Gasteiger partial charge in [0.1, 0.15) is 0 Å². The first-order valence-corrected chi connectivity index (χ1v) is 12.6. The van der Waals surface area contributed by atoms with Gasteiger partial charge in [0, 0.05) is 38.5 Å². The van der Waals surface area contributed by atoms with E-state index in [-0.39, 0.29) is 28.9 Å². The first kappa shape index (κ1) is 24.9. The number of rotatable bonds is 4. The van der Waals surface area contributed by atoms with Crippen LogP contribution in [0, 0.1) is 0 Å². The molecule has 39 heavy (non-hydrogen) atoms. The van der Waals surface area contributed by atoms with Crippen LogP contribution in [0.3, 0.4) is 0 Å².